The van der Waals surface area contributed by atoms with Gasteiger partial charge < -0.3 is 14.2 Å². The SMILES string of the molecule is CSc1cccc(-n2c(C)cc(C(=O)C[NH+]3CCOCC3)c2C)c1. The first-order valence-corrected chi connectivity index (χ1v) is 9.60. The van der Waals surface area contributed by atoms with Gasteiger partial charge in [-0.25, -0.2) is 0 Å². The summed E-state index contributed by atoms with van der Waals surface area (Å²) in [4.78, 5) is 15.3. The van der Waals surface area contributed by atoms with Crippen molar-refractivity contribution in [3.63, 3.8) is 0 Å². The second-order valence-electron chi connectivity index (χ2n) is 6.28. The zero-order valence-corrected chi connectivity index (χ0v) is 15.4. The molecular weight excluding hydrogens is 320 g/mol. The Labute approximate surface area is 147 Å². The molecule has 0 amide bonds. The van der Waals surface area contributed by atoms with Gasteiger partial charge in [0.1, 0.15) is 19.6 Å². The monoisotopic (exact) mass is 345 g/mol. The summed E-state index contributed by atoms with van der Waals surface area (Å²) in [5.41, 5.74) is 4.10. The van der Waals surface area contributed by atoms with E-state index in [1.165, 1.54) is 9.80 Å². The highest BCUT2D eigenvalue weighted by molar-refractivity contribution is 7.98. The predicted octanol–water partition coefficient (Wildman–Crippen LogP) is 1.91. The number of benzene rings is 1. The molecule has 0 aliphatic carbocycles. The molecule has 2 heterocycles. The number of ether oxygens (including phenoxy) is 1. The topological polar surface area (TPSA) is 35.7 Å². The van der Waals surface area contributed by atoms with Gasteiger partial charge in [-0.15, -0.1) is 11.8 Å². The van der Waals surface area contributed by atoms with Crippen molar-refractivity contribution in [1.82, 2.24) is 4.57 Å². The smallest absolute Gasteiger partial charge is 0.218 e. The Morgan fingerprint density at radius 2 is 2.00 bits per heavy atom. The Kier molecular flexibility index (Phi) is 5.43. The van der Waals surface area contributed by atoms with Crippen molar-refractivity contribution in [1.29, 1.82) is 0 Å². The van der Waals surface area contributed by atoms with Gasteiger partial charge in [-0.3, -0.25) is 4.79 Å². The molecule has 1 N–H and O–H groups in total. The van der Waals surface area contributed by atoms with Gasteiger partial charge in [-0.05, 0) is 44.4 Å². The van der Waals surface area contributed by atoms with Crippen LogP contribution < -0.4 is 4.90 Å². The maximum atomic E-state index is 12.8. The van der Waals surface area contributed by atoms with Crippen LogP contribution in [0.2, 0.25) is 0 Å². The van der Waals surface area contributed by atoms with Crippen LogP contribution in [0.3, 0.4) is 0 Å². The van der Waals surface area contributed by atoms with Crippen LogP contribution in [0.15, 0.2) is 35.2 Å². The van der Waals surface area contributed by atoms with E-state index in [1.807, 2.05) is 13.0 Å². The van der Waals surface area contributed by atoms with Gasteiger partial charge in [0.15, 0.2) is 0 Å². The largest absolute Gasteiger partial charge is 0.370 e. The fourth-order valence-electron chi connectivity index (χ4n) is 3.35. The number of quaternary nitrogens is 1. The Balaban J connectivity index is 1.86. The molecule has 24 heavy (non-hydrogen) atoms. The van der Waals surface area contributed by atoms with Crippen molar-refractivity contribution in [2.24, 2.45) is 0 Å². The van der Waals surface area contributed by atoms with Crippen LogP contribution in [0.4, 0.5) is 0 Å². The number of thioether (sulfide) groups is 1. The minimum absolute atomic E-state index is 0.229. The maximum absolute atomic E-state index is 12.8. The minimum atomic E-state index is 0.229. The van der Waals surface area contributed by atoms with Crippen molar-refractivity contribution < 1.29 is 14.4 Å². The average molecular weight is 345 g/mol. The van der Waals surface area contributed by atoms with Crippen molar-refractivity contribution in [3.05, 3.63) is 47.3 Å². The molecule has 0 radical (unpaired) electrons. The normalized spacial score (nSPS) is 15.6. The summed E-state index contributed by atoms with van der Waals surface area (Å²) < 4.78 is 7.56. The van der Waals surface area contributed by atoms with E-state index in [0.29, 0.717) is 6.54 Å². The predicted molar refractivity (Wildman–Crippen MR) is 97.7 cm³/mol. The highest BCUT2D eigenvalue weighted by Gasteiger charge is 2.22. The zero-order chi connectivity index (χ0) is 17.1. The van der Waals surface area contributed by atoms with E-state index < -0.39 is 0 Å². The van der Waals surface area contributed by atoms with Crippen molar-refractivity contribution in [2.45, 2.75) is 18.7 Å². The Hall–Kier alpha value is -1.56. The van der Waals surface area contributed by atoms with Gasteiger partial charge in [-0.1, -0.05) is 6.07 Å². The molecule has 0 atom stereocenters. The van der Waals surface area contributed by atoms with E-state index in [0.717, 1.165) is 48.9 Å². The average Bonchev–Trinajstić information content (AvgIpc) is 2.90. The molecule has 0 spiro atoms. The number of carbonyl (C=O) groups excluding carboxylic acids is 1. The molecule has 128 valence electrons. The summed E-state index contributed by atoms with van der Waals surface area (Å²) in [5.74, 6) is 0.229. The van der Waals surface area contributed by atoms with Crippen molar-refractivity contribution in [3.8, 4) is 5.69 Å². The number of hydrogen-bond donors (Lipinski definition) is 1. The number of aryl methyl sites for hydroxylation is 1. The highest BCUT2D eigenvalue weighted by atomic mass is 32.2. The van der Waals surface area contributed by atoms with E-state index in [9.17, 15) is 4.79 Å². The Bertz CT molecular complexity index is 733. The Morgan fingerprint density at radius 1 is 1.25 bits per heavy atom. The molecule has 0 unspecified atom stereocenters. The summed E-state index contributed by atoms with van der Waals surface area (Å²) >= 11 is 1.73. The van der Waals surface area contributed by atoms with Crippen LogP contribution in [0, 0.1) is 13.8 Å². The molecule has 1 fully saturated rings. The standard InChI is InChI=1S/C19H24N2O2S/c1-14-11-18(19(22)13-20-7-9-23-10-8-20)15(2)21(14)16-5-4-6-17(12-16)24-3/h4-6,11-12H,7-10,13H2,1-3H3/p+1. The summed E-state index contributed by atoms with van der Waals surface area (Å²) in [7, 11) is 0. The van der Waals surface area contributed by atoms with Crippen LogP contribution in [0.25, 0.3) is 5.69 Å². The molecule has 5 heteroatoms. The van der Waals surface area contributed by atoms with E-state index in [1.54, 1.807) is 11.8 Å². The second kappa shape index (κ2) is 7.55. The summed E-state index contributed by atoms with van der Waals surface area (Å²) in [5, 5.41) is 0. The molecule has 4 nitrogen and oxygen atoms in total. The van der Waals surface area contributed by atoms with Crippen LogP contribution in [0.1, 0.15) is 21.7 Å². The molecular formula is C19H25N2O2S+. The molecule has 0 bridgehead atoms. The fraction of sp³-hybridized carbons (Fsp3) is 0.421. The number of rotatable bonds is 5. The molecule has 2 aromatic rings. The van der Waals surface area contributed by atoms with Crippen molar-refractivity contribution in [2.75, 3.05) is 39.1 Å². The first-order chi connectivity index (χ1) is 11.6. The van der Waals surface area contributed by atoms with Gasteiger partial charge in [0.25, 0.3) is 0 Å². The van der Waals surface area contributed by atoms with Crippen molar-refractivity contribution >= 4 is 17.5 Å². The minimum Gasteiger partial charge on any atom is -0.370 e. The number of nitrogens with zero attached hydrogens (tertiary/aromatic N) is 1. The molecule has 1 saturated heterocycles. The first-order valence-electron chi connectivity index (χ1n) is 8.38. The lowest BCUT2D eigenvalue weighted by Gasteiger charge is -2.23. The van der Waals surface area contributed by atoms with E-state index in [-0.39, 0.29) is 5.78 Å². The maximum Gasteiger partial charge on any atom is 0.218 e. The zero-order valence-electron chi connectivity index (χ0n) is 14.6. The third kappa shape index (κ3) is 3.58. The fourth-order valence-corrected chi connectivity index (χ4v) is 3.80. The van der Waals surface area contributed by atoms with Gasteiger partial charge in [0.2, 0.25) is 5.78 Å². The molecule has 1 aromatic carbocycles. The first kappa shape index (κ1) is 17.3. The van der Waals surface area contributed by atoms with Crippen LogP contribution in [-0.4, -0.2) is 49.5 Å². The number of ketones is 1. The Morgan fingerprint density at radius 3 is 2.71 bits per heavy atom. The molecule has 1 aliphatic heterocycles. The third-order valence-corrected chi connectivity index (χ3v) is 5.38. The highest BCUT2D eigenvalue weighted by Crippen LogP contribution is 2.24. The number of Topliss-reactive ketones (excluding diaryl/α,β-unsaturated/α-hetero) is 1. The molecule has 3 rings (SSSR count). The lowest BCUT2D eigenvalue weighted by molar-refractivity contribution is -0.899. The van der Waals surface area contributed by atoms with Gasteiger partial charge in [-0.2, -0.15) is 0 Å². The number of carbonyl (C=O) groups is 1. The molecule has 1 aromatic heterocycles. The van der Waals surface area contributed by atoms with Crippen LogP contribution in [0.5, 0.6) is 0 Å². The summed E-state index contributed by atoms with van der Waals surface area (Å²) in [6.45, 7) is 8.00. The van der Waals surface area contributed by atoms with E-state index >= 15 is 0 Å². The van der Waals surface area contributed by atoms with Crippen LogP contribution in [-0.2, 0) is 4.74 Å². The third-order valence-electron chi connectivity index (χ3n) is 4.65. The van der Waals surface area contributed by atoms with Gasteiger partial charge >= 0.3 is 0 Å². The summed E-state index contributed by atoms with van der Waals surface area (Å²) in [6, 6.07) is 10.5. The molecule has 1 aliphatic rings. The lowest BCUT2D eigenvalue weighted by Crippen LogP contribution is -3.14. The van der Waals surface area contributed by atoms with Crippen LogP contribution >= 0.6 is 11.8 Å². The molecule has 0 saturated carbocycles. The van der Waals surface area contributed by atoms with Gasteiger partial charge in [0.05, 0.1) is 13.2 Å². The summed E-state index contributed by atoms with van der Waals surface area (Å²) in [6.07, 6.45) is 2.08. The quantitative estimate of drug-likeness (QED) is 0.664. The number of morpholine rings is 1. The number of hydrogen-bond acceptors (Lipinski definition) is 3. The second-order valence-corrected chi connectivity index (χ2v) is 7.16. The number of nitrogens with one attached hydrogen (secondary N) is 1. The number of aromatic nitrogens is 1. The van der Waals surface area contributed by atoms with E-state index in [4.69, 9.17) is 4.74 Å². The lowest BCUT2D eigenvalue weighted by atomic mass is 10.1. The van der Waals surface area contributed by atoms with Gasteiger partial charge in [0, 0.05) is 27.5 Å². The van der Waals surface area contributed by atoms with E-state index in [2.05, 4.69) is 42.0 Å².